The first-order chi connectivity index (χ1) is 9.08. The van der Waals surface area contributed by atoms with Crippen LogP contribution in [0.15, 0.2) is 28.7 Å². The van der Waals surface area contributed by atoms with E-state index >= 15 is 0 Å². The van der Waals surface area contributed by atoms with E-state index in [4.69, 9.17) is 4.74 Å². The summed E-state index contributed by atoms with van der Waals surface area (Å²) in [5.41, 5.74) is 0.132. The normalized spacial score (nSPS) is 17.8. The molecule has 0 amide bonds. The van der Waals surface area contributed by atoms with Crippen LogP contribution < -0.4 is 5.32 Å². The molecule has 0 saturated heterocycles. The summed E-state index contributed by atoms with van der Waals surface area (Å²) in [6.07, 6.45) is 2.50. The van der Waals surface area contributed by atoms with Crippen molar-refractivity contribution in [3.63, 3.8) is 0 Å². The van der Waals surface area contributed by atoms with Gasteiger partial charge in [0, 0.05) is 4.47 Å². The van der Waals surface area contributed by atoms with Crippen LogP contribution in [0.5, 0.6) is 0 Å². The topological polar surface area (TPSA) is 38.3 Å². The molecule has 104 valence electrons. The molecule has 0 spiro atoms. The fourth-order valence-electron chi connectivity index (χ4n) is 2.09. The molecule has 1 fully saturated rings. The van der Waals surface area contributed by atoms with Crippen LogP contribution in [0.3, 0.4) is 0 Å². The van der Waals surface area contributed by atoms with Crippen molar-refractivity contribution in [1.29, 1.82) is 0 Å². The minimum atomic E-state index is -0.793. The minimum absolute atomic E-state index is 0.220. The van der Waals surface area contributed by atoms with Crippen LogP contribution in [0.4, 0.5) is 0 Å². The minimum Gasteiger partial charge on any atom is -0.464 e. The number of rotatable bonds is 6. The number of halogens is 1. The quantitative estimate of drug-likeness (QED) is 0.816. The van der Waals surface area contributed by atoms with Crippen molar-refractivity contribution < 1.29 is 9.53 Å². The average Bonchev–Trinajstić information content (AvgIpc) is 3.21. The monoisotopic (exact) mass is 325 g/mol. The lowest BCUT2D eigenvalue weighted by molar-refractivity contribution is -0.151. The third kappa shape index (κ3) is 3.37. The number of nitrogens with one attached hydrogen (secondary N) is 1. The summed E-state index contributed by atoms with van der Waals surface area (Å²) in [6.45, 7) is 4.98. The lowest BCUT2D eigenvalue weighted by Gasteiger charge is -2.30. The van der Waals surface area contributed by atoms with Gasteiger partial charge in [-0.3, -0.25) is 5.32 Å². The molecule has 0 bridgehead atoms. The maximum Gasteiger partial charge on any atom is 0.330 e. The Labute approximate surface area is 122 Å². The maximum absolute atomic E-state index is 12.3. The number of carbonyl (C=O) groups is 1. The Morgan fingerprint density at radius 2 is 2.16 bits per heavy atom. The van der Waals surface area contributed by atoms with E-state index < -0.39 is 5.54 Å². The van der Waals surface area contributed by atoms with Crippen molar-refractivity contribution in [2.24, 2.45) is 5.92 Å². The summed E-state index contributed by atoms with van der Waals surface area (Å²) in [5, 5.41) is 3.40. The summed E-state index contributed by atoms with van der Waals surface area (Å²) >= 11 is 3.53. The first-order valence-electron chi connectivity index (χ1n) is 6.75. The molecule has 1 aromatic carbocycles. The number of benzene rings is 1. The fourth-order valence-corrected chi connectivity index (χ4v) is 2.77. The van der Waals surface area contributed by atoms with Crippen molar-refractivity contribution >= 4 is 21.9 Å². The molecule has 0 aliphatic heterocycles. The molecule has 4 heteroatoms. The number of ether oxygens (including phenoxy) is 1. The largest absolute Gasteiger partial charge is 0.464 e. The Morgan fingerprint density at radius 1 is 1.47 bits per heavy atom. The van der Waals surface area contributed by atoms with Gasteiger partial charge in [-0.1, -0.05) is 34.1 Å². The third-order valence-corrected chi connectivity index (χ3v) is 4.23. The number of esters is 1. The van der Waals surface area contributed by atoms with Crippen molar-refractivity contribution in [3.05, 3.63) is 34.3 Å². The van der Waals surface area contributed by atoms with Crippen molar-refractivity contribution in [1.82, 2.24) is 5.32 Å². The molecular formula is C15H20BrNO2. The second-order valence-corrected chi connectivity index (χ2v) is 6.00. The molecule has 1 saturated carbocycles. The van der Waals surface area contributed by atoms with Crippen LogP contribution in [-0.4, -0.2) is 19.1 Å². The average molecular weight is 326 g/mol. The molecule has 0 radical (unpaired) electrons. The van der Waals surface area contributed by atoms with Crippen molar-refractivity contribution in [3.8, 4) is 0 Å². The summed E-state index contributed by atoms with van der Waals surface area (Å²) in [6, 6.07) is 7.79. The Bertz CT molecular complexity index is 459. The van der Waals surface area contributed by atoms with E-state index in [0.717, 1.165) is 16.6 Å². The lowest BCUT2D eigenvalue weighted by atomic mass is 9.91. The maximum atomic E-state index is 12.3. The summed E-state index contributed by atoms with van der Waals surface area (Å²) in [7, 11) is 0. The van der Waals surface area contributed by atoms with Crippen LogP contribution >= 0.6 is 15.9 Å². The Balaban J connectivity index is 2.26. The second kappa shape index (κ2) is 6.06. The van der Waals surface area contributed by atoms with Gasteiger partial charge in [-0.15, -0.1) is 0 Å². The van der Waals surface area contributed by atoms with Gasteiger partial charge in [-0.05, 0) is 50.8 Å². The van der Waals surface area contributed by atoms with Crippen LogP contribution in [-0.2, 0) is 15.1 Å². The number of carbonyl (C=O) groups excluding carboxylic acids is 1. The van der Waals surface area contributed by atoms with E-state index in [0.29, 0.717) is 12.5 Å². The first-order valence-corrected chi connectivity index (χ1v) is 7.54. The molecule has 0 aromatic heterocycles. The molecule has 1 aliphatic rings. The van der Waals surface area contributed by atoms with Gasteiger partial charge in [-0.25, -0.2) is 4.79 Å². The zero-order chi connectivity index (χ0) is 13.9. The van der Waals surface area contributed by atoms with Gasteiger partial charge in [0.15, 0.2) is 0 Å². The smallest absolute Gasteiger partial charge is 0.330 e. The zero-order valence-electron chi connectivity index (χ0n) is 11.4. The SMILES string of the molecule is CCOC(=O)C(C)(NCC1CC1)c1ccccc1Br. The lowest BCUT2D eigenvalue weighted by Crippen LogP contribution is -2.48. The Hall–Kier alpha value is -0.870. The summed E-state index contributed by atoms with van der Waals surface area (Å²) in [5.74, 6) is 0.485. The molecule has 1 aromatic rings. The van der Waals surface area contributed by atoms with Gasteiger partial charge in [0.1, 0.15) is 5.54 Å². The summed E-state index contributed by atoms with van der Waals surface area (Å²) < 4.78 is 6.17. The zero-order valence-corrected chi connectivity index (χ0v) is 13.0. The van der Waals surface area contributed by atoms with Gasteiger partial charge in [0.25, 0.3) is 0 Å². The van der Waals surface area contributed by atoms with E-state index in [1.165, 1.54) is 12.8 Å². The van der Waals surface area contributed by atoms with E-state index in [9.17, 15) is 4.79 Å². The first kappa shape index (κ1) is 14.5. The van der Waals surface area contributed by atoms with Gasteiger partial charge >= 0.3 is 5.97 Å². The number of hydrogen-bond donors (Lipinski definition) is 1. The molecule has 3 nitrogen and oxygen atoms in total. The van der Waals surface area contributed by atoms with Crippen LogP contribution in [0.25, 0.3) is 0 Å². The Morgan fingerprint density at radius 3 is 2.74 bits per heavy atom. The standard InChI is InChI=1S/C15H20BrNO2/c1-3-19-14(18)15(2,17-10-11-8-9-11)12-6-4-5-7-13(12)16/h4-7,11,17H,3,8-10H2,1-2H3. The predicted molar refractivity (Wildman–Crippen MR) is 78.9 cm³/mol. The molecule has 1 aliphatic carbocycles. The third-order valence-electron chi connectivity index (χ3n) is 3.54. The van der Waals surface area contributed by atoms with Gasteiger partial charge in [0.2, 0.25) is 0 Å². The molecule has 0 heterocycles. The number of hydrogen-bond acceptors (Lipinski definition) is 3. The van der Waals surface area contributed by atoms with Crippen molar-refractivity contribution in [2.75, 3.05) is 13.2 Å². The van der Waals surface area contributed by atoms with Gasteiger partial charge < -0.3 is 4.74 Å². The highest BCUT2D eigenvalue weighted by atomic mass is 79.9. The van der Waals surface area contributed by atoms with E-state index in [-0.39, 0.29) is 5.97 Å². The van der Waals surface area contributed by atoms with Crippen LogP contribution in [0.1, 0.15) is 32.3 Å². The highest BCUT2D eigenvalue weighted by Crippen LogP contribution is 2.33. The molecule has 1 atom stereocenters. The molecule has 2 rings (SSSR count). The van der Waals surface area contributed by atoms with Crippen molar-refractivity contribution in [2.45, 2.75) is 32.2 Å². The van der Waals surface area contributed by atoms with E-state index in [2.05, 4.69) is 21.2 Å². The second-order valence-electron chi connectivity index (χ2n) is 5.15. The van der Waals surface area contributed by atoms with Gasteiger partial charge in [-0.2, -0.15) is 0 Å². The summed E-state index contributed by atoms with van der Waals surface area (Å²) in [4.78, 5) is 12.3. The van der Waals surface area contributed by atoms with E-state index in [1.54, 1.807) is 0 Å². The molecule has 19 heavy (non-hydrogen) atoms. The molecular weight excluding hydrogens is 306 g/mol. The van der Waals surface area contributed by atoms with Crippen LogP contribution in [0, 0.1) is 5.92 Å². The fraction of sp³-hybridized carbons (Fsp3) is 0.533. The molecule has 1 unspecified atom stereocenters. The predicted octanol–water partition coefficient (Wildman–Crippen LogP) is 3.23. The van der Waals surface area contributed by atoms with Crippen LogP contribution in [0.2, 0.25) is 0 Å². The van der Waals surface area contributed by atoms with Gasteiger partial charge in [0.05, 0.1) is 6.61 Å². The van der Waals surface area contributed by atoms with E-state index in [1.807, 2.05) is 38.1 Å². The molecule has 1 N–H and O–H groups in total. The highest BCUT2D eigenvalue weighted by molar-refractivity contribution is 9.10. The Kier molecular flexibility index (Phi) is 4.63. The highest BCUT2D eigenvalue weighted by Gasteiger charge is 2.39.